The standard InChI is InChI=1S/C16H24N8O/c25-14(17-9-10-20-15-18-7-4-8-19-15)11-16(5-2-1-3-6-16)12-24-13-21-22-23-24/h4,7-8,13H,1-3,5-6,9-12H2,(H,17,25)(H,18,19,20). The fraction of sp³-hybridized carbons (Fsp3) is 0.625. The Kier molecular flexibility index (Phi) is 5.86. The van der Waals surface area contributed by atoms with Gasteiger partial charge in [0.1, 0.15) is 6.33 Å². The molecule has 1 fully saturated rings. The lowest BCUT2D eigenvalue weighted by molar-refractivity contribution is -0.124. The molecule has 9 heteroatoms. The fourth-order valence-corrected chi connectivity index (χ4v) is 3.46. The third-order valence-corrected chi connectivity index (χ3v) is 4.63. The number of nitrogens with one attached hydrogen (secondary N) is 2. The van der Waals surface area contributed by atoms with Crippen LogP contribution in [0.2, 0.25) is 0 Å². The Morgan fingerprint density at radius 1 is 1.16 bits per heavy atom. The molecule has 2 N–H and O–H groups in total. The van der Waals surface area contributed by atoms with Crippen molar-refractivity contribution in [3.05, 3.63) is 24.8 Å². The highest BCUT2D eigenvalue weighted by atomic mass is 16.1. The highest BCUT2D eigenvalue weighted by Crippen LogP contribution is 2.40. The van der Waals surface area contributed by atoms with E-state index < -0.39 is 0 Å². The number of hydrogen-bond donors (Lipinski definition) is 2. The van der Waals surface area contributed by atoms with Crippen LogP contribution in [-0.2, 0) is 11.3 Å². The lowest BCUT2D eigenvalue weighted by atomic mass is 9.71. The van der Waals surface area contributed by atoms with Gasteiger partial charge in [-0.15, -0.1) is 5.10 Å². The molecule has 3 rings (SSSR count). The Hall–Kier alpha value is -2.58. The van der Waals surface area contributed by atoms with E-state index in [1.54, 1.807) is 29.5 Å². The molecule has 0 saturated heterocycles. The van der Waals surface area contributed by atoms with Crippen molar-refractivity contribution in [1.29, 1.82) is 0 Å². The molecule has 2 aromatic rings. The zero-order valence-electron chi connectivity index (χ0n) is 14.3. The summed E-state index contributed by atoms with van der Waals surface area (Å²) < 4.78 is 1.74. The lowest BCUT2D eigenvalue weighted by Crippen LogP contribution is -2.38. The number of nitrogens with zero attached hydrogens (tertiary/aromatic N) is 6. The first kappa shape index (κ1) is 17.2. The molecule has 134 valence electrons. The minimum atomic E-state index is -0.0479. The molecule has 1 aliphatic carbocycles. The second-order valence-corrected chi connectivity index (χ2v) is 6.59. The summed E-state index contributed by atoms with van der Waals surface area (Å²) in [5.74, 6) is 0.643. The molecular formula is C16H24N8O. The summed E-state index contributed by atoms with van der Waals surface area (Å²) in [6, 6.07) is 1.77. The van der Waals surface area contributed by atoms with E-state index in [0.29, 0.717) is 32.0 Å². The number of anilines is 1. The van der Waals surface area contributed by atoms with Gasteiger partial charge in [0.2, 0.25) is 11.9 Å². The van der Waals surface area contributed by atoms with Crippen LogP contribution in [0.15, 0.2) is 24.8 Å². The average molecular weight is 344 g/mol. The molecule has 0 atom stereocenters. The van der Waals surface area contributed by atoms with Gasteiger partial charge in [0.25, 0.3) is 0 Å². The van der Waals surface area contributed by atoms with E-state index in [1.807, 2.05) is 0 Å². The van der Waals surface area contributed by atoms with Crippen LogP contribution >= 0.6 is 0 Å². The normalized spacial score (nSPS) is 16.3. The molecule has 0 unspecified atom stereocenters. The Balaban J connectivity index is 1.46. The summed E-state index contributed by atoms with van der Waals surface area (Å²) in [6.45, 7) is 1.83. The minimum Gasteiger partial charge on any atom is -0.354 e. The first-order chi connectivity index (χ1) is 12.3. The van der Waals surface area contributed by atoms with Crippen molar-refractivity contribution < 1.29 is 4.79 Å². The number of rotatable bonds is 8. The summed E-state index contributed by atoms with van der Waals surface area (Å²) in [4.78, 5) is 20.6. The second-order valence-electron chi connectivity index (χ2n) is 6.59. The molecule has 2 heterocycles. The van der Waals surface area contributed by atoms with Gasteiger partial charge < -0.3 is 10.6 Å². The third kappa shape index (κ3) is 5.20. The molecule has 1 saturated carbocycles. The van der Waals surface area contributed by atoms with Crippen molar-refractivity contribution in [3.8, 4) is 0 Å². The van der Waals surface area contributed by atoms with Crippen molar-refractivity contribution in [2.75, 3.05) is 18.4 Å². The van der Waals surface area contributed by atoms with Crippen LogP contribution in [-0.4, -0.2) is 49.2 Å². The second kappa shape index (κ2) is 8.50. The van der Waals surface area contributed by atoms with Crippen LogP contribution < -0.4 is 10.6 Å². The van der Waals surface area contributed by atoms with Gasteiger partial charge in [0.05, 0.1) is 6.54 Å². The summed E-state index contributed by atoms with van der Waals surface area (Å²) in [7, 11) is 0. The number of carbonyl (C=O) groups is 1. The number of hydrogen-bond acceptors (Lipinski definition) is 7. The molecule has 0 aromatic carbocycles. The maximum Gasteiger partial charge on any atom is 0.222 e. The van der Waals surface area contributed by atoms with Gasteiger partial charge in [-0.3, -0.25) is 4.79 Å². The number of carbonyl (C=O) groups excluding carboxylic acids is 1. The Labute approximate surface area is 146 Å². The summed E-state index contributed by atoms with van der Waals surface area (Å²) >= 11 is 0. The fourth-order valence-electron chi connectivity index (χ4n) is 3.46. The zero-order valence-corrected chi connectivity index (χ0v) is 14.3. The van der Waals surface area contributed by atoms with E-state index in [4.69, 9.17) is 0 Å². The Morgan fingerprint density at radius 2 is 1.96 bits per heavy atom. The molecule has 0 bridgehead atoms. The van der Waals surface area contributed by atoms with Crippen LogP contribution in [0.1, 0.15) is 38.5 Å². The van der Waals surface area contributed by atoms with E-state index in [9.17, 15) is 4.79 Å². The number of tetrazole rings is 1. The topological polar surface area (TPSA) is 111 Å². The third-order valence-electron chi connectivity index (χ3n) is 4.63. The van der Waals surface area contributed by atoms with Crippen LogP contribution in [0.25, 0.3) is 0 Å². The molecule has 2 aromatic heterocycles. The Morgan fingerprint density at radius 3 is 2.68 bits per heavy atom. The minimum absolute atomic E-state index is 0.0479. The van der Waals surface area contributed by atoms with Crippen LogP contribution in [0.3, 0.4) is 0 Å². The monoisotopic (exact) mass is 344 g/mol. The van der Waals surface area contributed by atoms with Crippen molar-refractivity contribution >= 4 is 11.9 Å². The average Bonchev–Trinajstić information content (AvgIpc) is 3.13. The zero-order chi connectivity index (χ0) is 17.4. The van der Waals surface area contributed by atoms with E-state index in [2.05, 4.69) is 36.1 Å². The van der Waals surface area contributed by atoms with Crippen LogP contribution in [0, 0.1) is 5.41 Å². The molecule has 1 aliphatic rings. The number of aromatic nitrogens is 6. The molecule has 25 heavy (non-hydrogen) atoms. The maximum atomic E-state index is 12.4. The lowest BCUT2D eigenvalue weighted by Gasteiger charge is -2.36. The summed E-state index contributed by atoms with van der Waals surface area (Å²) in [6.07, 6.45) is 11.1. The molecule has 0 radical (unpaired) electrons. The largest absolute Gasteiger partial charge is 0.354 e. The van der Waals surface area contributed by atoms with Crippen molar-refractivity contribution in [2.45, 2.75) is 45.1 Å². The van der Waals surface area contributed by atoms with Crippen molar-refractivity contribution in [2.24, 2.45) is 5.41 Å². The first-order valence-electron chi connectivity index (χ1n) is 8.74. The van der Waals surface area contributed by atoms with Gasteiger partial charge in [-0.05, 0) is 34.7 Å². The van der Waals surface area contributed by atoms with Gasteiger partial charge in [-0.2, -0.15) is 0 Å². The van der Waals surface area contributed by atoms with E-state index in [-0.39, 0.29) is 11.3 Å². The van der Waals surface area contributed by atoms with Gasteiger partial charge in [0.15, 0.2) is 0 Å². The first-order valence-corrected chi connectivity index (χ1v) is 8.74. The highest BCUT2D eigenvalue weighted by molar-refractivity contribution is 5.76. The van der Waals surface area contributed by atoms with Crippen LogP contribution in [0.5, 0.6) is 0 Å². The molecule has 0 aliphatic heterocycles. The van der Waals surface area contributed by atoms with Crippen LogP contribution in [0.4, 0.5) is 5.95 Å². The van der Waals surface area contributed by atoms with Crippen molar-refractivity contribution in [3.63, 3.8) is 0 Å². The quantitative estimate of drug-likeness (QED) is 0.688. The number of amides is 1. The summed E-state index contributed by atoms with van der Waals surface area (Å²) in [5.41, 5.74) is -0.0479. The Bertz CT molecular complexity index is 639. The van der Waals surface area contributed by atoms with Gasteiger partial charge >= 0.3 is 0 Å². The molecule has 1 amide bonds. The highest BCUT2D eigenvalue weighted by Gasteiger charge is 2.35. The van der Waals surface area contributed by atoms with Gasteiger partial charge in [-0.25, -0.2) is 14.6 Å². The van der Waals surface area contributed by atoms with E-state index in [0.717, 1.165) is 25.7 Å². The molecular weight excluding hydrogens is 320 g/mol. The smallest absolute Gasteiger partial charge is 0.222 e. The van der Waals surface area contributed by atoms with E-state index in [1.165, 1.54) is 6.42 Å². The summed E-state index contributed by atoms with van der Waals surface area (Å²) in [5, 5.41) is 17.4. The van der Waals surface area contributed by atoms with Crippen molar-refractivity contribution in [1.82, 2.24) is 35.5 Å². The predicted molar refractivity (Wildman–Crippen MR) is 91.5 cm³/mol. The SMILES string of the molecule is O=C(CC1(Cn2cnnn2)CCCCC1)NCCNc1ncccn1. The maximum absolute atomic E-state index is 12.4. The van der Waals surface area contributed by atoms with E-state index >= 15 is 0 Å². The molecule has 0 spiro atoms. The van der Waals surface area contributed by atoms with Gasteiger partial charge in [0, 0.05) is 31.9 Å². The predicted octanol–water partition coefficient (Wildman–Crippen LogP) is 1.03. The molecule has 9 nitrogen and oxygen atoms in total. The van der Waals surface area contributed by atoms with Gasteiger partial charge in [-0.1, -0.05) is 19.3 Å².